The lowest BCUT2D eigenvalue weighted by Crippen LogP contribution is -1.78. The van der Waals surface area contributed by atoms with Crippen molar-refractivity contribution in [2.75, 3.05) is 0 Å². The van der Waals surface area contributed by atoms with Crippen molar-refractivity contribution in [3.63, 3.8) is 0 Å². The average molecular weight is 250 g/mol. The highest BCUT2D eigenvalue weighted by molar-refractivity contribution is 6.42. The molecule has 2 rings (SSSR count). The summed E-state index contributed by atoms with van der Waals surface area (Å²) in [5.74, 6) is 0. The first-order valence-corrected chi connectivity index (χ1v) is 5.56. The van der Waals surface area contributed by atoms with Crippen LogP contribution in [0.3, 0.4) is 0 Å². The summed E-state index contributed by atoms with van der Waals surface area (Å²) in [7, 11) is 0. The maximum atomic E-state index is 6.06. The molecule has 80 valence electrons. The van der Waals surface area contributed by atoms with Gasteiger partial charge in [0.2, 0.25) is 0 Å². The molecule has 0 saturated heterocycles. The van der Waals surface area contributed by atoms with Crippen molar-refractivity contribution in [1.82, 2.24) is 4.98 Å². The van der Waals surface area contributed by atoms with Crippen molar-refractivity contribution >= 4 is 35.4 Å². The molecule has 0 fully saturated rings. The van der Waals surface area contributed by atoms with E-state index in [9.17, 15) is 0 Å². The van der Waals surface area contributed by atoms with E-state index in [2.05, 4.69) is 4.98 Å². The number of aromatic nitrogens is 1. The Bertz CT molecular complexity index is 507. The first kappa shape index (κ1) is 11.2. The van der Waals surface area contributed by atoms with Crippen LogP contribution in [0.15, 0.2) is 42.6 Å². The van der Waals surface area contributed by atoms with E-state index in [4.69, 9.17) is 23.2 Å². The van der Waals surface area contributed by atoms with E-state index in [1.54, 1.807) is 12.3 Å². The van der Waals surface area contributed by atoms with E-state index in [0.29, 0.717) is 10.0 Å². The van der Waals surface area contributed by atoms with E-state index in [0.717, 1.165) is 11.3 Å². The molecular formula is C13H9Cl2N. The Morgan fingerprint density at radius 2 is 1.81 bits per heavy atom. The number of hydrogen-bond donors (Lipinski definition) is 0. The number of halogens is 2. The summed E-state index contributed by atoms with van der Waals surface area (Å²) in [5, 5.41) is 1.13. The number of pyridine rings is 1. The molecule has 0 saturated carbocycles. The molecule has 2 aromatic rings. The van der Waals surface area contributed by atoms with Crippen molar-refractivity contribution in [3.05, 3.63) is 63.9 Å². The predicted octanol–water partition coefficient (Wildman–Crippen LogP) is 4.56. The third-order valence-electron chi connectivity index (χ3n) is 2.10. The highest BCUT2D eigenvalue weighted by atomic mass is 35.5. The molecule has 0 aliphatic heterocycles. The fourth-order valence-corrected chi connectivity index (χ4v) is 1.67. The van der Waals surface area contributed by atoms with Gasteiger partial charge in [0.1, 0.15) is 0 Å². The lowest BCUT2D eigenvalue weighted by molar-refractivity contribution is 1.30. The number of rotatable bonds is 2. The summed E-state index contributed by atoms with van der Waals surface area (Å²) in [6.45, 7) is 0. The predicted molar refractivity (Wildman–Crippen MR) is 69.6 cm³/mol. The SMILES string of the molecule is Clc1cccc(/C=C/c2ccccn2)c1Cl. The Balaban J connectivity index is 2.28. The maximum Gasteiger partial charge on any atom is 0.0664 e. The van der Waals surface area contributed by atoms with Crippen LogP contribution in [0, 0.1) is 0 Å². The van der Waals surface area contributed by atoms with Gasteiger partial charge in [0.05, 0.1) is 15.7 Å². The number of hydrogen-bond acceptors (Lipinski definition) is 1. The van der Waals surface area contributed by atoms with E-state index in [1.807, 2.05) is 42.5 Å². The lowest BCUT2D eigenvalue weighted by Gasteiger charge is -1.99. The minimum Gasteiger partial charge on any atom is -0.257 e. The second-order valence-electron chi connectivity index (χ2n) is 3.23. The van der Waals surface area contributed by atoms with Crippen molar-refractivity contribution in [1.29, 1.82) is 0 Å². The second-order valence-corrected chi connectivity index (χ2v) is 4.02. The molecule has 0 N–H and O–H groups in total. The average Bonchev–Trinajstić information content (AvgIpc) is 2.32. The smallest absolute Gasteiger partial charge is 0.0664 e. The molecule has 16 heavy (non-hydrogen) atoms. The van der Waals surface area contributed by atoms with Gasteiger partial charge >= 0.3 is 0 Å². The van der Waals surface area contributed by atoms with Gasteiger partial charge in [-0.2, -0.15) is 0 Å². The van der Waals surface area contributed by atoms with Crippen LogP contribution in [-0.4, -0.2) is 4.98 Å². The monoisotopic (exact) mass is 249 g/mol. The first-order valence-electron chi connectivity index (χ1n) is 4.80. The molecule has 0 unspecified atom stereocenters. The topological polar surface area (TPSA) is 12.9 Å². The molecule has 0 aliphatic rings. The van der Waals surface area contributed by atoms with Gasteiger partial charge in [0, 0.05) is 6.20 Å². The minimum absolute atomic E-state index is 0.560. The van der Waals surface area contributed by atoms with Gasteiger partial charge in [-0.25, -0.2) is 0 Å². The van der Waals surface area contributed by atoms with Crippen molar-refractivity contribution in [2.45, 2.75) is 0 Å². The Hall–Kier alpha value is -1.31. The Labute approximate surface area is 104 Å². The molecule has 0 spiro atoms. The van der Waals surface area contributed by atoms with Crippen LogP contribution in [0.1, 0.15) is 11.3 Å². The van der Waals surface area contributed by atoms with Crippen LogP contribution in [-0.2, 0) is 0 Å². The van der Waals surface area contributed by atoms with E-state index in [-0.39, 0.29) is 0 Å². The van der Waals surface area contributed by atoms with Gasteiger partial charge in [-0.15, -0.1) is 0 Å². The van der Waals surface area contributed by atoms with Crippen LogP contribution < -0.4 is 0 Å². The van der Waals surface area contributed by atoms with E-state index < -0.39 is 0 Å². The number of benzene rings is 1. The zero-order valence-electron chi connectivity index (χ0n) is 8.40. The van der Waals surface area contributed by atoms with E-state index in [1.165, 1.54) is 0 Å². The van der Waals surface area contributed by atoms with Crippen LogP contribution in [0.2, 0.25) is 10.0 Å². The zero-order valence-corrected chi connectivity index (χ0v) is 9.91. The van der Waals surface area contributed by atoms with Crippen LogP contribution in [0.5, 0.6) is 0 Å². The van der Waals surface area contributed by atoms with Gasteiger partial charge < -0.3 is 0 Å². The lowest BCUT2D eigenvalue weighted by atomic mass is 10.2. The van der Waals surface area contributed by atoms with Gasteiger partial charge in [-0.05, 0) is 29.8 Å². The zero-order chi connectivity index (χ0) is 11.4. The molecule has 0 amide bonds. The summed E-state index contributed by atoms with van der Waals surface area (Å²) in [4.78, 5) is 4.18. The molecule has 1 nitrogen and oxygen atoms in total. The summed E-state index contributed by atoms with van der Waals surface area (Å²) in [6, 6.07) is 11.3. The van der Waals surface area contributed by atoms with Crippen molar-refractivity contribution in [2.24, 2.45) is 0 Å². The maximum absolute atomic E-state index is 6.06. The molecule has 0 atom stereocenters. The molecule has 0 bridgehead atoms. The quantitative estimate of drug-likeness (QED) is 0.761. The summed E-state index contributed by atoms with van der Waals surface area (Å²) in [5.41, 5.74) is 1.78. The Morgan fingerprint density at radius 1 is 0.938 bits per heavy atom. The van der Waals surface area contributed by atoms with E-state index >= 15 is 0 Å². The second kappa shape index (κ2) is 5.15. The fraction of sp³-hybridized carbons (Fsp3) is 0. The molecular weight excluding hydrogens is 241 g/mol. The third kappa shape index (κ3) is 2.63. The largest absolute Gasteiger partial charge is 0.257 e. The molecule has 0 radical (unpaired) electrons. The van der Waals surface area contributed by atoms with Crippen molar-refractivity contribution in [3.8, 4) is 0 Å². The van der Waals surface area contributed by atoms with Crippen LogP contribution in [0.25, 0.3) is 12.2 Å². The fourth-order valence-electron chi connectivity index (χ4n) is 1.30. The highest BCUT2D eigenvalue weighted by Crippen LogP contribution is 2.26. The highest BCUT2D eigenvalue weighted by Gasteiger charge is 2.00. The molecule has 0 aliphatic carbocycles. The van der Waals surface area contributed by atoms with Gasteiger partial charge in [0.15, 0.2) is 0 Å². The molecule has 1 aromatic carbocycles. The normalized spacial score (nSPS) is 10.9. The standard InChI is InChI=1S/C13H9Cl2N/c14-12-6-3-4-10(13(12)15)7-8-11-5-1-2-9-16-11/h1-9H/b8-7+. The molecule has 1 aromatic heterocycles. The van der Waals surface area contributed by atoms with Crippen molar-refractivity contribution < 1.29 is 0 Å². The Morgan fingerprint density at radius 3 is 2.56 bits per heavy atom. The number of nitrogens with zero attached hydrogens (tertiary/aromatic N) is 1. The van der Waals surface area contributed by atoms with Crippen LogP contribution in [0.4, 0.5) is 0 Å². The summed E-state index contributed by atoms with van der Waals surface area (Å²) in [6.07, 6.45) is 5.55. The summed E-state index contributed by atoms with van der Waals surface area (Å²) >= 11 is 12.0. The molecule has 3 heteroatoms. The third-order valence-corrected chi connectivity index (χ3v) is 2.94. The van der Waals surface area contributed by atoms with Gasteiger partial charge in [-0.1, -0.05) is 47.5 Å². The molecule has 1 heterocycles. The Kier molecular flexibility index (Phi) is 3.60. The summed E-state index contributed by atoms with van der Waals surface area (Å²) < 4.78 is 0. The first-order chi connectivity index (χ1) is 7.77. The van der Waals surface area contributed by atoms with Crippen LogP contribution >= 0.6 is 23.2 Å². The van der Waals surface area contributed by atoms with Gasteiger partial charge in [-0.3, -0.25) is 4.98 Å². The van der Waals surface area contributed by atoms with Gasteiger partial charge in [0.25, 0.3) is 0 Å². The minimum atomic E-state index is 0.560.